The van der Waals surface area contributed by atoms with E-state index in [2.05, 4.69) is 28.6 Å². The number of pyridine rings is 1. The SMILES string of the molecule is CC(C)N1CCN(c2cc(C(=O)O)c(Cl)cn2)CC1. The number of hydrogen-bond acceptors (Lipinski definition) is 4. The number of nitrogens with zero attached hydrogens (tertiary/aromatic N) is 3. The molecule has 0 saturated carbocycles. The highest BCUT2D eigenvalue weighted by molar-refractivity contribution is 6.33. The number of anilines is 1. The lowest BCUT2D eigenvalue weighted by molar-refractivity contribution is 0.0697. The van der Waals surface area contributed by atoms with Crippen molar-refractivity contribution >= 4 is 23.4 Å². The van der Waals surface area contributed by atoms with Gasteiger partial charge in [0, 0.05) is 38.4 Å². The van der Waals surface area contributed by atoms with Crippen molar-refractivity contribution in [3.63, 3.8) is 0 Å². The molecule has 5 nitrogen and oxygen atoms in total. The van der Waals surface area contributed by atoms with Crippen molar-refractivity contribution in [2.75, 3.05) is 31.1 Å². The lowest BCUT2D eigenvalue weighted by Gasteiger charge is -2.37. The summed E-state index contributed by atoms with van der Waals surface area (Å²) in [5.74, 6) is -0.334. The average Bonchev–Trinajstić information content (AvgIpc) is 2.39. The molecule has 2 rings (SSSR count). The van der Waals surface area contributed by atoms with Gasteiger partial charge in [-0.05, 0) is 19.9 Å². The van der Waals surface area contributed by atoms with E-state index in [1.807, 2.05) is 0 Å². The maximum atomic E-state index is 11.1. The number of rotatable bonds is 3. The molecule has 104 valence electrons. The molecule has 1 aliphatic heterocycles. The highest BCUT2D eigenvalue weighted by Gasteiger charge is 2.21. The minimum atomic E-state index is -1.02. The Bertz CT molecular complexity index is 471. The van der Waals surface area contributed by atoms with Crippen LogP contribution >= 0.6 is 11.6 Å². The summed E-state index contributed by atoms with van der Waals surface area (Å²) in [4.78, 5) is 19.8. The van der Waals surface area contributed by atoms with Gasteiger partial charge in [0.15, 0.2) is 0 Å². The molecule has 2 heterocycles. The van der Waals surface area contributed by atoms with Crippen LogP contribution in [0.2, 0.25) is 5.02 Å². The van der Waals surface area contributed by atoms with Crippen LogP contribution in [0.3, 0.4) is 0 Å². The first-order valence-corrected chi connectivity index (χ1v) is 6.74. The zero-order chi connectivity index (χ0) is 14.0. The van der Waals surface area contributed by atoms with Crippen LogP contribution in [0.15, 0.2) is 12.3 Å². The van der Waals surface area contributed by atoms with Gasteiger partial charge < -0.3 is 10.0 Å². The number of hydrogen-bond donors (Lipinski definition) is 1. The third-order valence-electron chi connectivity index (χ3n) is 3.44. The van der Waals surface area contributed by atoms with E-state index in [4.69, 9.17) is 16.7 Å². The van der Waals surface area contributed by atoms with Crippen LogP contribution in [-0.4, -0.2) is 53.2 Å². The van der Waals surface area contributed by atoms with Crippen LogP contribution in [0.1, 0.15) is 24.2 Å². The van der Waals surface area contributed by atoms with Gasteiger partial charge in [0.2, 0.25) is 0 Å². The third-order valence-corrected chi connectivity index (χ3v) is 3.74. The largest absolute Gasteiger partial charge is 0.478 e. The summed E-state index contributed by atoms with van der Waals surface area (Å²) in [6, 6.07) is 2.09. The van der Waals surface area contributed by atoms with Gasteiger partial charge in [-0.1, -0.05) is 11.6 Å². The molecule has 1 fully saturated rings. The number of carbonyl (C=O) groups is 1. The molecule has 0 spiro atoms. The first-order chi connectivity index (χ1) is 8.99. The van der Waals surface area contributed by atoms with Crippen molar-refractivity contribution in [3.8, 4) is 0 Å². The molecule has 0 aliphatic carbocycles. The summed E-state index contributed by atoms with van der Waals surface area (Å²) >= 11 is 5.82. The standard InChI is InChI=1S/C13H18ClN3O2/c1-9(2)16-3-5-17(6-4-16)12-7-10(13(18)19)11(14)8-15-12/h7-9H,3-6H2,1-2H3,(H,18,19). The number of aromatic carboxylic acids is 1. The molecule has 0 bridgehead atoms. The normalized spacial score (nSPS) is 16.9. The topological polar surface area (TPSA) is 56.7 Å². The van der Waals surface area contributed by atoms with Crippen LogP contribution in [0.4, 0.5) is 5.82 Å². The predicted octanol–water partition coefficient (Wildman–Crippen LogP) is 1.96. The Hall–Kier alpha value is -1.33. The molecule has 1 N–H and O–H groups in total. The van der Waals surface area contributed by atoms with Crippen LogP contribution < -0.4 is 4.90 Å². The second-order valence-electron chi connectivity index (χ2n) is 4.94. The smallest absolute Gasteiger partial charge is 0.337 e. The van der Waals surface area contributed by atoms with Crippen molar-refractivity contribution in [2.45, 2.75) is 19.9 Å². The van der Waals surface area contributed by atoms with Gasteiger partial charge >= 0.3 is 5.97 Å². The molecular formula is C13H18ClN3O2. The third kappa shape index (κ3) is 3.16. The molecule has 1 aliphatic rings. The van der Waals surface area contributed by atoms with Crippen molar-refractivity contribution in [2.24, 2.45) is 0 Å². The van der Waals surface area contributed by atoms with Crippen LogP contribution in [-0.2, 0) is 0 Å². The predicted molar refractivity (Wildman–Crippen MR) is 75.1 cm³/mol. The summed E-state index contributed by atoms with van der Waals surface area (Å²) < 4.78 is 0. The molecule has 0 radical (unpaired) electrons. The molecule has 0 aromatic carbocycles. The fourth-order valence-corrected chi connectivity index (χ4v) is 2.42. The molecule has 1 aromatic rings. The van der Waals surface area contributed by atoms with E-state index in [0.29, 0.717) is 11.9 Å². The van der Waals surface area contributed by atoms with E-state index < -0.39 is 5.97 Å². The summed E-state index contributed by atoms with van der Waals surface area (Å²) in [5, 5.41) is 9.24. The van der Waals surface area contributed by atoms with E-state index in [1.54, 1.807) is 6.07 Å². The van der Waals surface area contributed by atoms with E-state index in [-0.39, 0.29) is 10.6 Å². The average molecular weight is 284 g/mol. The van der Waals surface area contributed by atoms with E-state index in [9.17, 15) is 4.79 Å². The van der Waals surface area contributed by atoms with Crippen molar-refractivity contribution in [1.82, 2.24) is 9.88 Å². The van der Waals surface area contributed by atoms with Crippen LogP contribution in [0.5, 0.6) is 0 Å². The minimum Gasteiger partial charge on any atom is -0.478 e. The second-order valence-corrected chi connectivity index (χ2v) is 5.35. The molecular weight excluding hydrogens is 266 g/mol. The van der Waals surface area contributed by atoms with Gasteiger partial charge in [-0.25, -0.2) is 9.78 Å². The van der Waals surface area contributed by atoms with Gasteiger partial charge in [-0.15, -0.1) is 0 Å². The zero-order valence-electron chi connectivity index (χ0n) is 11.1. The Kier molecular flexibility index (Phi) is 4.27. The number of halogens is 1. The number of carboxylic acid groups (broad SMARTS) is 1. The van der Waals surface area contributed by atoms with Crippen molar-refractivity contribution in [3.05, 3.63) is 22.8 Å². The maximum Gasteiger partial charge on any atom is 0.337 e. The summed E-state index contributed by atoms with van der Waals surface area (Å²) in [6.45, 7) is 7.99. The molecule has 0 amide bonds. The van der Waals surface area contributed by atoms with Crippen LogP contribution in [0.25, 0.3) is 0 Å². The molecule has 6 heteroatoms. The highest BCUT2D eigenvalue weighted by Crippen LogP contribution is 2.21. The Labute approximate surface area is 117 Å². The van der Waals surface area contributed by atoms with E-state index in [1.165, 1.54) is 6.20 Å². The summed E-state index contributed by atoms with van der Waals surface area (Å²) in [7, 11) is 0. The summed E-state index contributed by atoms with van der Waals surface area (Å²) in [5.41, 5.74) is 0.109. The van der Waals surface area contributed by atoms with Gasteiger partial charge in [0.25, 0.3) is 0 Å². The molecule has 19 heavy (non-hydrogen) atoms. The van der Waals surface area contributed by atoms with Gasteiger partial charge in [0.1, 0.15) is 5.82 Å². The monoisotopic (exact) mass is 283 g/mol. The zero-order valence-corrected chi connectivity index (χ0v) is 11.9. The number of aromatic nitrogens is 1. The van der Waals surface area contributed by atoms with E-state index in [0.717, 1.165) is 26.2 Å². The highest BCUT2D eigenvalue weighted by atomic mass is 35.5. The first-order valence-electron chi connectivity index (χ1n) is 6.37. The molecule has 1 aromatic heterocycles. The van der Waals surface area contributed by atoms with Gasteiger partial charge in [-0.2, -0.15) is 0 Å². The fraction of sp³-hybridized carbons (Fsp3) is 0.538. The minimum absolute atomic E-state index is 0.109. The Morgan fingerprint density at radius 1 is 1.37 bits per heavy atom. The number of carboxylic acids is 1. The second kappa shape index (κ2) is 5.75. The lowest BCUT2D eigenvalue weighted by atomic mass is 10.2. The summed E-state index contributed by atoms with van der Waals surface area (Å²) in [6.07, 6.45) is 1.41. The number of piperazine rings is 1. The molecule has 0 unspecified atom stereocenters. The first kappa shape index (κ1) is 14.1. The fourth-order valence-electron chi connectivity index (χ4n) is 2.23. The van der Waals surface area contributed by atoms with Gasteiger partial charge in [0.05, 0.1) is 10.6 Å². The van der Waals surface area contributed by atoms with Gasteiger partial charge in [-0.3, -0.25) is 4.90 Å². The van der Waals surface area contributed by atoms with Crippen molar-refractivity contribution in [1.29, 1.82) is 0 Å². The Balaban J connectivity index is 2.12. The Morgan fingerprint density at radius 3 is 2.53 bits per heavy atom. The maximum absolute atomic E-state index is 11.1. The van der Waals surface area contributed by atoms with Crippen molar-refractivity contribution < 1.29 is 9.90 Å². The molecule has 1 saturated heterocycles. The Morgan fingerprint density at radius 2 is 2.00 bits per heavy atom. The van der Waals surface area contributed by atoms with E-state index >= 15 is 0 Å². The lowest BCUT2D eigenvalue weighted by Crippen LogP contribution is -2.49. The molecule has 0 atom stereocenters. The quantitative estimate of drug-likeness (QED) is 0.919. The van der Waals surface area contributed by atoms with Crippen LogP contribution in [0, 0.1) is 0 Å².